The van der Waals surface area contributed by atoms with Gasteiger partial charge in [-0.25, -0.2) is 22.7 Å². The van der Waals surface area contributed by atoms with E-state index in [1.54, 1.807) is 11.2 Å². The quantitative estimate of drug-likeness (QED) is 0.750. The minimum absolute atomic E-state index is 0.125. The van der Waals surface area contributed by atoms with E-state index in [0.717, 1.165) is 30.8 Å². The Hall–Kier alpha value is -1.29. The number of aromatic nitrogens is 2. The fourth-order valence-corrected chi connectivity index (χ4v) is 5.05. The Kier molecular flexibility index (Phi) is 4.43. The number of ether oxygens (including phenoxy) is 2. The summed E-state index contributed by atoms with van der Waals surface area (Å²) in [7, 11) is -3.20. The van der Waals surface area contributed by atoms with Crippen LogP contribution in [0.1, 0.15) is 24.6 Å². The van der Waals surface area contributed by atoms with Crippen LogP contribution in [0.2, 0.25) is 0 Å². The van der Waals surface area contributed by atoms with Gasteiger partial charge >= 0.3 is 0 Å². The molecule has 0 N–H and O–H groups in total. The molecule has 3 aliphatic heterocycles. The van der Waals surface area contributed by atoms with Crippen LogP contribution in [0, 0.1) is 0 Å². The second kappa shape index (κ2) is 6.46. The van der Waals surface area contributed by atoms with Gasteiger partial charge in [-0.3, -0.25) is 0 Å². The summed E-state index contributed by atoms with van der Waals surface area (Å²) in [6.45, 7) is 6.55. The highest BCUT2D eigenvalue weighted by Gasteiger charge is 2.47. The molecule has 0 unspecified atom stereocenters. The summed E-state index contributed by atoms with van der Waals surface area (Å²) in [4.78, 5) is 11.5. The Morgan fingerprint density at radius 1 is 1.24 bits per heavy atom. The minimum atomic E-state index is -3.20. The van der Waals surface area contributed by atoms with Crippen LogP contribution in [-0.2, 0) is 31.5 Å². The second-order valence-corrected chi connectivity index (χ2v) is 9.16. The molecule has 1 atom stereocenters. The molecule has 2 fully saturated rings. The molecule has 0 radical (unpaired) electrons. The van der Waals surface area contributed by atoms with Gasteiger partial charge in [-0.05, 0) is 13.3 Å². The summed E-state index contributed by atoms with van der Waals surface area (Å²) in [5, 5.41) is 0. The molecular formula is C16H24N4O4S. The largest absolute Gasteiger partial charge is 0.378 e. The molecule has 1 spiro atoms. The Labute approximate surface area is 148 Å². The lowest BCUT2D eigenvalue weighted by Crippen LogP contribution is -2.43. The normalized spacial score (nSPS) is 27.6. The third kappa shape index (κ3) is 3.03. The third-order valence-corrected chi connectivity index (χ3v) is 7.19. The maximum atomic E-state index is 12.3. The molecule has 0 saturated carbocycles. The lowest BCUT2D eigenvalue weighted by molar-refractivity contribution is 0.0530. The van der Waals surface area contributed by atoms with Gasteiger partial charge in [0.15, 0.2) is 0 Å². The first-order valence-electron chi connectivity index (χ1n) is 8.79. The van der Waals surface area contributed by atoms with E-state index in [2.05, 4.69) is 9.88 Å². The maximum Gasteiger partial charge on any atom is 0.225 e. The average Bonchev–Trinajstić information content (AvgIpc) is 3.08. The topological polar surface area (TPSA) is 84.9 Å². The number of rotatable bonds is 3. The number of fused-ring (bicyclic) bond motifs is 2. The van der Waals surface area contributed by atoms with Crippen molar-refractivity contribution in [2.45, 2.75) is 25.4 Å². The number of morpholine rings is 1. The Morgan fingerprint density at radius 3 is 2.80 bits per heavy atom. The summed E-state index contributed by atoms with van der Waals surface area (Å²) >= 11 is 0. The van der Waals surface area contributed by atoms with E-state index in [-0.39, 0.29) is 11.2 Å². The van der Waals surface area contributed by atoms with Gasteiger partial charge in [-0.2, -0.15) is 0 Å². The van der Waals surface area contributed by atoms with E-state index in [9.17, 15) is 8.42 Å². The van der Waals surface area contributed by atoms with Crippen LogP contribution < -0.4 is 4.90 Å². The predicted octanol–water partition coefficient (Wildman–Crippen LogP) is 0.137. The molecular weight excluding hydrogens is 344 g/mol. The van der Waals surface area contributed by atoms with Crippen LogP contribution in [0.4, 0.5) is 5.95 Å². The molecule has 138 valence electrons. The molecule has 8 nitrogen and oxygen atoms in total. The molecule has 0 aliphatic carbocycles. The Bertz CT molecular complexity index is 751. The van der Waals surface area contributed by atoms with Crippen molar-refractivity contribution < 1.29 is 17.9 Å². The molecule has 0 aromatic carbocycles. The first kappa shape index (κ1) is 17.1. The SMILES string of the molecule is CCS(=O)(=O)N1CC[C@@]2(COCc3cnc(N4CCOCC4)nc32)C1. The highest BCUT2D eigenvalue weighted by Crippen LogP contribution is 2.40. The molecule has 0 amide bonds. The van der Waals surface area contributed by atoms with Crippen LogP contribution in [0.15, 0.2) is 6.20 Å². The summed E-state index contributed by atoms with van der Waals surface area (Å²) in [6.07, 6.45) is 2.57. The van der Waals surface area contributed by atoms with Crippen molar-refractivity contribution in [1.82, 2.24) is 14.3 Å². The highest BCUT2D eigenvalue weighted by atomic mass is 32.2. The number of hydrogen-bond donors (Lipinski definition) is 0. The van der Waals surface area contributed by atoms with Crippen LogP contribution in [-0.4, -0.2) is 74.4 Å². The van der Waals surface area contributed by atoms with Crippen LogP contribution in [0.25, 0.3) is 0 Å². The van der Waals surface area contributed by atoms with Crippen molar-refractivity contribution in [1.29, 1.82) is 0 Å². The number of nitrogens with zero attached hydrogens (tertiary/aromatic N) is 4. The van der Waals surface area contributed by atoms with Gasteiger partial charge in [0, 0.05) is 37.9 Å². The van der Waals surface area contributed by atoms with Crippen molar-refractivity contribution in [3.63, 3.8) is 0 Å². The second-order valence-electron chi connectivity index (χ2n) is 6.90. The third-order valence-electron chi connectivity index (χ3n) is 5.36. The molecule has 0 bridgehead atoms. The standard InChI is InChI=1S/C16H24N4O4S/c1-2-25(21,22)20-4-3-16(11-20)12-24-10-13-9-17-15(18-14(13)16)19-5-7-23-8-6-19/h9H,2-8,10-12H2,1H3/t16-/m0/s1. The summed E-state index contributed by atoms with van der Waals surface area (Å²) in [5.74, 6) is 0.833. The van der Waals surface area contributed by atoms with Crippen molar-refractivity contribution in [3.8, 4) is 0 Å². The average molecular weight is 368 g/mol. The van der Waals surface area contributed by atoms with Gasteiger partial charge in [0.1, 0.15) is 0 Å². The van der Waals surface area contributed by atoms with Crippen LogP contribution in [0.5, 0.6) is 0 Å². The summed E-state index contributed by atoms with van der Waals surface area (Å²) < 4.78 is 37.3. The van der Waals surface area contributed by atoms with Gasteiger partial charge in [0.25, 0.3) is 0 Å². The number of sulfonamides is 1. The van der Waals surface area contributed by atoms with E-state index in [1.807, 2.05) is 6.20 Å². The summed E-state index contributed by atoms with van der Waals surface area (Å²) in [5.41, 5.74) is 1.57. The fourth-order valence-electron chi connectivity index (χ4n) is 3.87. The predicted molar refractivity (Wildman–Crippen MR) is 92.0 cm³/mol. The Balaban J connectivity index is 1.67. The van der Waals surface area contributed by atoms with Crippen molar-refractivity contribution >= 4 is 16.0 Å². The van der Waals surface area contributed by atoms with Crippen molar-refractivity contribution in [2.24, 2.45) is 0 Å². The molecule has 1 aromatic heterocycles. The molecule has 4 rings (SSSR count). The first-order valence-corrected chi connectivity index (χ1v) is 10.4. The van der Waals surface area contributed by atoms with Crippen molar-refractivity contribution in [3.05, 3.63) is 17.5 Å². The van der Waals surface area contributed by atoms with Gasteiger partial charge in [0.05, 0.1) is 43.3 Å². The van der Waals surface area contributed by atoms with Crippen molar-refractivity contribution in [2.75, 3.05) is 56.7 Å². The molecule has 3 aliphatic rings. The van der Waals surface area contributed by atoms with E-state index in [0.29, 0.717) is 45.5 Å². The van der Waals surface area contributed by atoms with E-state index >= 15 is 0 Å². The zero-order valence-corrected chi connectivity index (χ0v) is 15.3. The van der Waals surface area contributed by atoms with E-state index < -0.39 is 10.0 Å². The van der Waals surface area contributed by atoms with Gasteiger partial charge < -0.3 is 14.4 Å². The smallest absolute Gasteiger partial charge is 0.225 e. The molecule has 2 saturated heterocycles. The lowest BCUT2D eigenvalue weighted by atomic mass is 9.81. The lowest BCUT2D eigenvalue weighted by Gasteiger charge is -2.35. The molecule has 1 aromatic rings. The fraction of sp³-hybridized carbons (Fsp3) is 0.750. The van der Waals surface area contributed by atoms with E-state index in [1.165, 1.54) is 0 Å². The maximum absolute atomic E-state index is 12.3. The van der Waals surface area contributed by atoms with Gasteiger partial charge in [-0.1, -0.05) is 0 Å². The number of hydrogen-bond acceptors (Lipinski definition) is 7. The monoisotopic (exact) mass is 368 g/mol. The molecule has 9 heteroatoms. The molecule has 4 heterocycles. The Morgan fingerprint density at radius 2 is 2.04 bits per heavy atom. The summed E-state index contributed by atoms with van der Waals surface area (Å²) in [6, 6.07) is 0. The zero-order chi connectivity index (χ0) is 17.5. The highest BCUT2D eigenvalue weighted by molar-refractivity contribution is 7.89. The zero-order valence-electron chi connectivity index (χ0n) is 14.5. The minimum Gasteiger partial charge on any atom is -0.378 e. The van der Waals surface area contributed by atoms with Crippen LogP contribution >= 0.6 is 0 Å². The van der Waals surface area contributed by atoms with Gasteiger partial charge in [0.2, 0.25) is 16.0 Å². The first-order chi connectivity index (χ1) is 12.0. The molecule has 25 heavy (non-hydrogen) atoms. The van der Waals surface area contributed by atoms with Crippen LogP contribution in [0.3, 0.4) is 0 Å². The van der Waals surface area contributed by atoms with Gasteiger partial charge in [-0.15, -0.1) is 0 Å². The van der Waals surface area contributed by atoms with E-state index in [4.69, 9.17) is 14.5 Å². The number of anilines is 1.